The number of pyridine rings is 1. The van der Waals surface area contributed by atoms with Crippen LogP contribution in [0.5, 0.6) is 0 Å². The Kier molecular flexibility index (Phi) is 5.40. The number of nitrogens with zero attached hydrogens (tertiary/aromatic N) is 1. The molecule has 1 aromatic heterocycles. The molecule has 0 atom stereocenters. The summed E-state index contributed by atoms with van der Waals surface area (Å²) in [4.78, 5) is 14.4. The van der Waals surface area contributed by atoms with Gasteiger partial charge in [0.1, 0.15) is 5.78 Å². The Labute approximate surface area is 107 Å². The number of hydrogen-bond acceptors (Lipinski definition) is 3. The molecule has 0 aliphatic carbocycles. The van der Waals surface area contributed by atoms with Crippen LogP contribution in [0.15, 0.2) is 35.5 Å². The molecule has 1 rings (SSSR count). The van der Waals surface area contributed by atoms with Crippen molar-refractivity contribution in [2.45, 2.75) is 24.5 Å². The van der Waals surface area contributed by atoms with Gasteiger partial charge in [-0.3, -0.25) is 4.79 Å². The highest BCUT2D eigenvalue weighted by molar-refractivity contribution is 7.99. The summed E-state index contributed by atoms with van der Waals surface area (Å²) in [6, 6.07) is 2.35. The molecule has 1 aromatic rings. The molecular formula is C12H12F3NOS. The molecule has 0 aliphatic heterocycles. The molecule has 0 bridgehead atoms. The zero-order valence-corrected chi connectivity index (χ0v) is 10.5. The molecule has 0 spiro atoms. The third-order valence-corrected chi connectivity index (χ3v) is 2.86. The van der Waals surface area contributed by atoms with E-state index in [-0.39, 0.29) is 5.78 Å². The Morgan fingerprint density at radius 3 is 2.61 bits per heavy atom. The molecule has 2 nitrogen and oxygen atoms in total. The van der Waals surface area contributed by atoms with E-state index in [0.29, 0.717) is 17.2 Å². The van der Waals surface area contributed by atoms with Crippen LogP contribution in [0.25, 0.3) is 0 Å². The van der Waals surface area contributed by atoms with Crippen molar-refractivity contribution >= 4 is 17.5 Å². The largest absolute Gasteiger partial charge is 0.417 e. The van der Waals surface area contributed by atoms with Crippen LogP contribution >= 0.6 is 11.8 Å². The van der Waals surface area contributed by atoms with Gasteiger partial charge in [0.05, 0.1) is 10.6 Å². The first-order valence-electron chi connectivity index (χ1n) is 5.20. The molecule has 0 fully saturated rings. The van der Waals surface area contributed by atoms with Gasteiger partial charge in [-0.1, -0.05) is 12.2 Å². The van der Waals surface area contributed by atoms with Gasteiger partial charge in [0.2, 0.25) is 0 Å². The van der Waals surface area contributed by atoms with Crippen LogP contribution in [-0.4, -0.2) is 16.5 Å². The Bertz CT molecular complexity index is 426. The van der Waals surface area contributed by atoms with Gasteiger partial charge in [0, 0.05) is 18.4 Å². The van der Waals surface area contributed by atoms with Crippen LogP contribution in [0, 0.1) is 0 Å². The van der Waals surface area contributed by atoms with E-state index >= 15 is 0 Å². The highest BCUT2D eigenvalue weighted by Crippen LogP contribution is 2.29. The third-order valence-electron chi connectivity index (χ3n) is 1.96. The van der Waals surface area contributed by atoms with Gasteiger partial charge in [-0.05, 0) is 19.1 Å². The minimum absolute atomic E-state index is 0.0731. The zero-order chi connectivity index (χ0) is 13.6. The van der Waals surface area contributed by atoms with E-state index in [0.717, 1.165) is 12.3 Å². The molecule has 6 heteroatoms. The Morgan fingerprint density at radius 1 is 1.39 bits per heavy atom. The van der Waals surface area contributed by atoms with Crippen LogP contribution < -0.4 is 0 Å². The number of carbonyl (C=O) groups excluding carboxylic acids is 1. The summed E-state index contributed by atoms with van der Waals surface area (Å²) < 4.78 is 36.8. The van der Waals surface area contributed by atoms with E-state index in [1.165, 1.54) is 24.8 Å². The fourth-order valence-electron chi connectivity index (χ4n) is 1.08. The first-order valence-corrected chi connectivity index (χ1v) is 6.18. The number of alkyl halides is 3. The lowest BCUT2D eigenvalue weighted by atomic mass is 10.3. The molecule has 0 aromatic carbocycles. The normalized spacial score (nSPS) is 12.0. The quantitative estimate of drug-likeness (QED) is 0.606. The number of Topliss-reactive ketones (excluding diaryl/α,β-unsaturated/α-hetero) is 1. The van der Waals surface area contributed by atoms with Crippen molar-refractivity contribution in [1.29, 1.82) is 0 Å². The molecule has 0 saturated carbocycles. The van der Waals surface area contributed by atoms with E-state index in [2.05, 4.69) is 4.98 Å². The van der Waals surface area contributed by atoms with Crippen molar-refractivity contribution in [1.82, 2.24) is 4.98 Å². The average molecular weight is 275 g/mol. The van der Waals surface area contributed by atoms with Gasteiger partial charge >= 0.3 is 6.18 Å². The highest BCUT2D eigenvalue weighted by atomic mass is 32.2. The van der Waals surface area contributed by atoms with Crippen LogP contribution in [0.4, 0.5) is 13.2 Å². The van der Waals surface area contributed by atoms with Crippen molar-refractivity contribution in [2.24, 2.45) is 0 Å². The minimum atomic E-state index is -4.35. The number of ketones is 1. The fourth-order valence-corrected chi connectivity index (χ4v) is 1.78. The van der Waals surface area contributed by atoms with Crippen LogP contribution in [0.2, 0.25) is 0 Å². The molecule has 0 aliphatic rings. The van der Waals surface area contributed by atoms with Crippen LogP contribution in [-0.2, 0) is 11.0 Å². The number of allylic oxidation sites excluding steroid dienone is 1. The Balaban J connectivity index is 2.45. The number of thioether (sulfide) groups is 1. The van der Waals surface area contributed by atoms with Crippen molar-refractivity contribution in [2.75, 3.05) is 5.75 Å². The summed E-state index contributed by atoms with van der Waals surface area (Å²) in [5, 5.41) is 0.524. The number of hydrogen-bond donors (Lipinski definition) is 0. The highest BCUT2D eigenvalue weighted by Gasteiger charge is 2.30. The number of rotatable bonds is 5. The maximum Gasteiger partial charge on any atom is 0.417 e. The predicted octanol–water partition coefficient (Wildman–Crippen LogP) is 3.73. The smallest absolute Gasteiger partial charge is 0.300 e. The summed E-state index contributed by atoms with van der Waals surface area (Å²) in [7, 11) is 0. The van der Waals surface area contributed by atoms with Gasteiger partial charge in [0.15, 0.2) is 0 Å². The molecule has 98 valence electrons. The van der Waals surface area contributed by atoms with E-state index < -0.39 is 11.7 Å². The topological polar surface area (TPSA) is 30.0 Å². The van der Waals surface area contributed by atoms with Crippen molar-refractivity contribution in [3.63, 3.8) is 0 Å². The van der Waals surface area contributed by atoms with Gasteiger partial charge in [0.25, 0.3) is 0 Å². The minimum Gasteiger partial charge on any atom is -0.300 e. The summed E-state index contributed by atoms with van der Waals surface area (Å²) >= 11 is 1.31. The summed E-state index contributed by atoms with van der Waals surface area (Å²) in [5.41, 5.74) is -0.751. The molecule has 0 unspecified atom stereocenters. The lowest BCUT2D eigenvalue weighted by molar-refractivity contribution is -0.137. The second-order valence-corrected chi connectivity index (χ2v) is 4.61. The maximum atomic E-state index is 12.3. The molecule has 18 heavy (non-hydrogen) atoms. The summed E-state index contributed by atoms with van der Waals surface area (Å²) in [5.74, 6) is 0.648. The molecule has 0 saturated heterocycles. The molecule has 0 N–H and O–H groups in total. The molecule has 0 radical (unpaired) electrons. The fraction of sp³-hybridized carbons (Fsp3) is 0.333. The Hall–Kier alpha value is -1.30. The van der Waals surface area contributed by atoms with Gasteiger partial charge in [-0.25, -0.2) is 4.98 Å². The standard InChI is InChI=1S/C12H12F3NOS/c1-9(17)4-2-3-7-18-11-6-5-10(8-16-11)12(13,14)15/h2-3,5-6,8H,4,7H2,1H3/b3-2+. The first kappa shape index (κ1) is 14.8. The lowest BCUT2D eigenvalue weighted by Crippen LogP contribution is -2.05. The van der Waals surface area contributed by atoms with Gasteiger partial charge < -0.3 is 0 Å². The second kappa shape index (κ2) is 6.58. The second-order valence-electron chi connectivity index (χ2n) is 3.57. The van der Waals surface area contributed by atoms with Crippen molar-refractivity contribution < 1.29 is 18.0 Å². The third kappa shape index (κ3) is 5.35. The summed E-state index contributed by atoms with van der Waals surface area (Å²) in [6.45, 7) is 1.49. The maximum absolute atomic E-state index is 12.3. The van der Waals surface area contributed by atoms with E-state index in [4.69, 9.17) is 0 Å². The number of carbonyl (C=O) groups is 1. The monoisotopic (exact) mass is 275 g/mol. The van der Waals surface area contributed by atoms with Gasteiger partial charge in [-0.15, -0.1) is 11.8 Å². The van der Waals surface area contributed by atoms with E-state index in [9.17, 15) is 18.0 Å². The van der Waals surface area contributed by atoms with Crippen molar-refractivity contribution in [3.05, 3.63) is 36.0 Å². The molecule has 0 amide bonds. The molecule has 1 heterocycles. The predicted molar refractivity (Wildman–Crippen MR) is 64.4 cm³/mol. The average Bonchev–Trinajstić information content (AvgIpc) is 2.27. The van der Waals surface area contributed by atoms with E-state index in [1.807, 2.05) is 0 Å². The first-order chi connectivity index (χ1) is 8.39. The lowest BCUT2D eigenvalue weighted by Gasteiger charge is -2.05. The number of halogens is 3. The zero-order valence-electron chi connectivity index (χ0n) is 9.70. The van der Waals surface area contributed by atoms with Crippen LogP contribution in [0.3, 0.4) is 0 Å². The SMILES string of the molecule is CC(=O)C/C=C/CSc1ccc(C(F)(F)F)cn1. The number of aromatic nitrogens is 1. The molecular weight excluding hydrogens is 263 g/mol. The summed E-state index contributed by atoms with van der Waals surface area (Å²) in [6.07, 6.45) is 0.380. The van der Waals surface area contributed by atoms with Gasteiger partial charge in [-0.2, -0.15) is 13.2 Å². The van der Waals surface area contributed by atoms with E-state index in [1.54, 1.807) is 12.2 Å². The van der Waals surface area contributed by atoms with Crippen LogP contribution in [0.1, 0.15) is 18.9 Å². The Morgan fingerprint density at radius 2 is 2.11 bits per heavy atom. The van der Waals surface area contributed by atoms with Crippen molar-refractivity contribution in [3.8, 4) is 0 Å².